The molecule has 3 aromatic carbocycles. The molecule has 0 saturated carbocycles. The van der Waals surface area contributed by atoms with E-state index in [1.54, 1.807) is 20.8 Å². The van der Waals surface area contributed by atoms with E-state index in [1.807, 2.05) is 105 Å². The van der Waals surface area contributed by atoms with Crippen LogP contribution in [0, 0.1) is 0 Å². The van der Waals surface area contributed by atoms with Gasteiger partial charge in [-0.3, -0.25) is 4.90 Å². The summed E-state index contributed by atoms with van der Waals surface area (Å²) in [7, 11) is 0. The Morgan fingerprint density at radius 3 is 1.80 bits per heavy atom. The summed E-state index contributed by atoms with van der Waals surface area (Å²) in [6, 6.07) is 27.5. The number of carboxylic acid groups (broad SMARTS) is 1. The minimum Gasteiger partial charge on any atom is -0.465 e. The zero-order valence-corrected chi connectivity index (χ0v) is 29.5. The first-order chi connectivity index (χ1) is 23.2. The second kappa shape index (κ2) is 19.3. The van der Waals surface area contributed by atoms with E-state index in [0.29, 0.717) is 38.9 Å². The smallest absolute Gasteiger partial charge is 0.408 e. The maximum absolute atomic E-state index is 13.1. The van der Waals surface area contributed by atoms with Crippen LogP contribution in [0.3, 0.4) is 0 Å². The zero-order chi connectivity index (χ0) is 35.9. The quantitative estimate of drug-likeness (QED) is 0.100. The Bertz CT molecular complexity index is 1380. The summed E-state index contributed by atoms with van der Waals surface area (Å²) in [5.41, 5.74) is 1.40. The molecule has 10 heteroatoms. The number of benzene rings is 3. The van der Waals surface area contributed by atoms with Crippen LogP contribution in [0.4, 0.5) is 9.59 Å². The van der Waals surface area contributed by atoms with Crippen LogP contribution in [0.1, 0.15) is 64.2 Å². The van der Waals surface area contributed by atoms with Gasteiger partial charge in [0, 0.05) is 25.2 Å². The van der Waals surface area contributed by atoms with Crippen molar-refractivity contribution in [3.05, 3.63) is 108 Å². The first-order valence-electron chi connectivity index (χ1n) is 17.0. The summed E-state index contributed by atoms with van der Waals surface area (Å²) in [4.78, 5) is 26.8. The van der Waals surface area contributed by atoms with E-state index in [4.69, 9.17) is 9.47 Å². The molecule has 268 valence electrons. The Kier molecular flexibility index (Phi) is 15.5. The van der Waals surface area contributed by atoms with Gasteiger partial charge in [-0.2, -0.15) is 0 Å². The van der Waals surface area contributed by atoms with Gasteiger partial charge in [0.2, 0.25) is 0 Å². The number of nitrogens with zero attached hydrogens (tertiary/aromatic N) is 1. The number of hydrogen-bond donors (Lipinski definition) is 5. The summed E-state index contributed by atoms with van der Waals surface area (Å²) in [6.07, 6.45) is -1.92. The van der Waals surface area contributed by atoms with E-state index in [-0.39, 0.29) is 13.1 Å². The van der Waals surface area contributed by atoms with Gasteiger partial charge in [-0.05, 0) is 77.0 Å². The summed E-state index contributed by atoms with van der Waals surface area (Å²) >= 11 is 0. The molecule has 0 unspecified atom stereocenters. The molecular weight excluding hydrogens is 622 g/mol. The Morgan fingerprint density at radius 1 is 0.755 bits per heavy atom. The van der Waals surface area contributed by atoms with Crippen LogP contribution in [0.2, 0.25) is 0 Å². The second-order valence-electron chi connectivity index (χ2n) is 14.1. The molecule has 4 atom stereocenters. The monoisotopic (exact) mass is 677 g/mol. The number of aliphatic hydroxyl groups excluding tert-OH is 2. The molecule has 0 aromatic heterocycles. The maximum Gasteiger partial charge on any atom is 0.408 e. The second-order valence-corrected chi connectivity index (χ2v) is 14.1. The van der Waals surface area contributed by atoms with Crippen molar-refractivity contribution in [3.63, 3.8) is 0 Å². The summed E-state index contributed by atoms with van der Waals surface area (Å²) < 4.78 is 11.6. The molecule has 0 aliphatic carbocycles. The highest BCUT2D eigenvalue weighted by atomic mass is 16.6. The largest absolute Gasteiger partial charge is 0.465 e. The van der Waals surface area contributed by atoms with E-state index >= 15 is 0 Å². The third kappa shape index (κ3) is 14.2. The molecule has 2 amide bonds. The van der Waals surface area contributed by atoms with Crippen molar-refractivity contribution in [1.29, 1.82) is 0 Å². The van der Waals surface area contributed by atoms with Crippen LogP contribution >= 0.6 is 0 Å². The maximum atomic E-state index is 13.1. The molecule has 0 aliphatic rings. The van der Waals surface area contributed by atoms with E-state index < -0.39 is 47.6 Å². The molecule has 0 bridgehead atoms. The van der Waals surface area contributed by atoms with Crippen LogP contribution in [-0.2, 0) is 28.9 Å². The Balaban J connectivity index is 1.59. The molecule has 0 radical (unpaired) electrons. The minimum atomic E-state index is -1.12. The summed E-state index contributed by atoms with van der Waals surface area (Å²) in [6.45, 7) is 10.2. The minimum absolute atomic E-state index is 0.0241. The third-order valence-electron chi connectivity index (χ3n) is 8.31. The number of hydrogen-bond acceptors (Lipinski definition) is 7. The number of aliphatic hydroxyl groups is 2. The topological polar surface area (TPSA) is 141 Å². The average Bonchev–Trinajstić information content (AvgIpc) is 3.04. The lowest BCUT2D eigenvalue weighted by atomic mass is 9.94. The Morgan fingerprint density at radius 2 is 1.27 bits per heavy atom. The van der Waals surface area contributed by atoms with E-state index in [2.05, 4.69) is 10.6 Å². The molecule has 3 rings (SSSR count). The van der Waals surface area contributed by atoms with E-state index in [1.165, 1.54) is 4.90 Å². The van der Waals surface area contributed by atoms with Gasteiger partial charge in [-0.1, -0.05) is 91.0 Å². The van der Waals surface area contributed by atoms with E-state index in [0.717, 1.165) is 16.7 Å². The molecular formula is C39H55N3O7. The van der Waals surface area contributed by atoms with Crippen molar-refractivity contribution in [2.45, 2.75) is 102 Å². The van der Waals surface area contributed by atoms with Gasteiger partial charge < -0.3 is 35.4 Å². The Labute approximate surface area is 291 Å². The molecule has 0 aliphatic heterocycles. The van der Waals surface area contributed by atoms with Gasteiger partial charge in [0.1, 0.15) is 5.60 Å². The van der Waals surface area contributed by atoms with Gasteiger partial charge in [0.25, 0.3) is 0 Å². The number of ether oxygens (including phenoxy) is 2. The third-order valence-corrected chi connectivity index (χ3v) is 8.31. The van der Waals surface area contributed by atoms with Crippen molar-refractivity contribution in [2.75, 3.05) is 19.7 Å². The van der Waals surface area contributed by atoms with Gasteiger partial charge >= 0.3 is 12.2 Å². The van der Waals surface area contributed by atoms with Crippen LogP contribution in [0.25, 0.3) is 0 Å². The standard InChI is InChI=1S/C39H55N3O7/c1-38(2,3)42(37(46)47)33(25-30-18-11-7-12-19-30)35(44)27-40-26-34(43)32(24-29-16-9-6-10-17-29)41-36(45)49-39(4,5)22-15-23-48-28-31-20-13-8-14-21-31/h6-14,16-21,32-35,40,43-44H,15,22-28H2,1-5H3,(H,41,45)(H,46,47)/t32-,33-,34+,35+/m0/s1. The molecule has 49 heavy (non-hydrogen) atoms. The zero-order valence-electron chi connectivity index (χ0n) is 29.5. The fraction of sp³-hybridized carbons (Fsp3) is 0.487. The van der Waals surface area contributed by atoms with Gasteiger partial charge in [0.15, 0.2) is 0 Å². The van der Waals surface area contributed by atoms with Crippen LogP contribution in [0.5, 0.6) is 0 Å². The number of rotatable bonds is 19. The number of amides is 2. The van der Waals surface area contributed by atoms with Gasteiger partial charge in [-0.15, -0.1) is 0 Å². The van der Waals surface area contributed by atoms with E-state index in [9.17, 15) is 24.9 Å². The summed E-state index contributed by atoms with van der Waals surface area (Å²) in [5, 5.41) is 38.7. The lowest BCUT2D eigenvalue weighted by molar-refractivity contribution is 0.00562. The predicted molar refractivity (Wildman–Crippen MR) is 191 cm³/mol. The fourth-order valence-electron chi connectivity index (χ4n) is 5.84. The molecule has 0 fully saturated rings. The highest BCUT2D eigenvalue weighted by Gasteiger charge is 2.37. The van der Waals surface area contributed by atoms with Gasteiger partial charge in [0.05, 0.1) is 30.9 Å². The number of nitrogens with one attached hydrogen (secondary N) is 2. The van der Waals surface area contributed by atoms with Crippen molar-refractivity contribution < 1.29 is 34.4 Å². The van der Waals surface area contributed by atoms with Crippen molar-refractivity contribution in [2.24, 2.45) is 0 Å². The SMILES string of the molecule is CC(C)(CCCOCc1ccccc1)OC(=O)N[C@@H](Cc1ccccc1)[C@H](O)CNC[C@@H](O)[C@H](Cc1ccccc1)N(C(=O)O)C(C)(C)C. The predicted octanol–water partition coefficient (Wildman–Crippen LogP) is 5.80. The first-order valence-corrected chi connectivity index (χ1v) is 17.0. The number of carbonyl (C=O) groups is 2. The highest BCUT2D eigenvalue weighted by molar-refractivity contribution is 5.68. The van der Waals surface area contributed by atoms with Crippen LogP contribution in [0.15, 0.2) is 91.0 Å². The molecule has 5 N–H and O–H groups in total. The molecule has 0 saturated heterocycles. The number of carbonyl (C=O) groups excluding carboxylic acids is 1. The van der Waals surface area contributed by atoms with Crippen LogP contribution < -0.4 is 10.6 Å². The molecule has 0 spiro atoms. The highest BCUT2D eigenvalue weighted by Crippen LogP contribution is 2.23. The summed E-state index contributed by atoms with van der Waals surface area (Å²) in [5.74, 6) is 0. The lowest BCUT2D eigenvalue weighted by Gasteiger charge is -2.42. The fourth-order valence-corrected chi connectivity index (χ4v) is 5.84. The molecule has 10 nitrogen and oxygen atoms in total. The van der Waals surface area contributed by atoms with Crippen molar-refractivity contribution in [3.8, 4) is 0 Å². The van der Waals surface area contributed by atoms with Crippen molar-refractivity contribution >= 4 is 12.2 Å². The molecule has 0 heterocycles. The molecule has 3 aromatic rings. The van der Waals surface area contributed by atoms with Gasteiger partial charge in [-0.25, -0.2) is 9.59 Å². The Hall–Kier alpha value is -3.96. The van der Waals surface area contributed by atoms with Crippen molar-refractivity contribution in [1.82, 2.24) is 15.5 Å². The first kappa shape index (κ1) is 39.5. The average molecular weight is 678 g/mol. The number of alkyl carbamates (subject to hydrolysis) is 1. The lowest BCUT2D eigenvalue weighted by Crippen LogP contribution is -2.58. The normalized spacial score (nSPS) is 14.3. The van der Waals surface area contributed by atoms with Crippen LogP contribution in [-0.4, -0.2) is 87.5 Å².